The van der Waals surface area contributed by atoms with Crippen molar-refractivity contribution in [1.82, 2.24) is 25.5 Å². The quantitative estimate of drug-likeness (QED) is 0.859. The second-order valence-corrected chi connectivity index (χ2v) is 5.68. The van der Waals surface area contributed by atoms with Crippen molar-refractivity contribution in [3.63, 3.8) is 0 Å². The monoisotopic (exact) mass is 265 g/mol. The fourth-order valence-corrected chi connectivity index (χ4v) is 3.02. The Bertz CT molecular complexity index is 366. The van der Waals surface area contributed by atoms with Gasteiger partial charge in [0.05, 0.1) is 12.1 Å². The van der Waals surface area contributed by atoms with Gasteiger partial charge in [-0.05, 0) is 43.0 Å². The molecule has 2 rings (SSSR count). The molecule has 0 aromatic carbocycles. The van der Waals surface area contributed by atoms with Gasteiger partial charge in [-0.15, -0.1) is 5.10 Å². The Morgan fingerprint density at radius 3 is 2.53 bits per heavy atom. The summed E-state index contributed by atoms with van der Waals surface area (Å²) in [5.74, 6) is 0.999. The van der Waals surface area contributed by atoms with Crippen molar-refractivity contribution in [2.24, 2.45) is 0 Å². The zero-order valence-corrected chi connectivity index (χ0v) is 12.5. The van der Waals surface area contributed by atoms with Crippen LogP contribution in [0.25, 0.3) is 0 Å². The lowest BCUT2D eigenvalue weighted by Gasteiger charge is -2.25. The fraction of sp³-hybridized carbons (Fsp3) is 0.929. The zero-order valence-electron chi connectivity index (χ0n) is 12.5. The van der Waals surface area contributed by atoms with Gasteiger partial charge in [-0.1, -0.05) is 33.1 Å². The number of hydrogen-bond donors (Lipinski definition) is 1. The standard InChI is InChI=1S/C14H27N5/c1-4-12(5-2)15-11(3)14-16-17-18-19(14)13-9-7-6-8-10-13/h11-13,15H,4-10H2,1-3H3. The van der Waals surface area contributed by atoms with Gasteiger partial charge >= 0.3 is 0 Å². The van der Waals surface area contributed by atoms with E-state index >= 15 is 0 Å². The van der Waals surface area contributed by atoms with Crippen LogP contribution in [-0.4, -0.2) is 26.2 Å². The molecule has 1 fully saturated rings. The van der Waals surface area contributed by atoms with Crippen LogP contribution in [0.4, 0.5) is 0 Å². The lowest BCUT2D eigenvalue weighted by Crippen LogP contribution is -2.32. The number of rotatable bonds is 6. The Morgan fingerprint density at radius 2 is 1.89 bits per heavy atom. The van der Waals surface area contributed by atoms with Gasteiger partial charge in [0.2, 0.25) is 0 Å². The van der Waals surface area contributed by atoms with Crippen molar-refractivity contribution in [3.05, 3.63) is 5.82 Å². The average Bonchev–Trinajstić information content (AvgIpc) is 2.95. The molecule has 1 atom stereocenters. The maximum absolute atomic E-state index is 4.25. The third kappa shape index (κ3) is 3.53. The smallest absolute Gasteiger partial charge is 0.168 e. The number of nitrogens with zero attached hydrogens (tertiary/aromatic N) is 4. The van der Waals surface area contributed by atoms with Crippen LogP contribution in [0.15, 0.2) is 0 Å². The molecule has 1 aliphatic rings. The summed E-state index contributed by atoms with van der Waals surface area (Å²) in [4.78, 5) is 0. The number of tetrazole rings is 1. The Kier molecular flexibility index (Phi) is 5.31. The number of aromatic nitrogens is 4. The highest BCUT2D eigenvalue weighted by Gasteiger charge is 2.23. The Hall–Kier alpha value is -0.970. The van der Waals surface area contributed by atoms with Gasteiger partial charge in [0.25, 0.3) is 0 Å². The lowest BCUT2D eigenvalue weighted by molar-refractivity contribution is 0.303. The molecular weight excluding hydrogens is 238 g/mol. The van der Waals surface area contributed by atoms with Crippen LogP contribution in [0.2, 0.25) is 0 Å². The normalized spacial score (nSPS) is 18.9. The summed E-state index contributed by atoms with van der Waals surface area (Å²) >= 11 is 0. The van der Waals surface area contributed by atoms with E-state index in [-0.39, 0.29) is 6.04 Å². The Labute approximate surface area is 116 Å². The molecule has 0 aliphatic heterocycles. The molecule has 19 heavy (non-hydrogen) atoms. The molecule has 5 heteroatoms. The van der Waals surface area contributed by atoms with Crippen LogP contribution in [0.3, 0.4) is 0 Å². The van der Waals surface area contributed by atoms with E-state index in [1.807, 2.05) is 0 Å². The zero-order chi connectivity index (χ0) is 13.7. The van der Waals surface area contributed by atoms with Crippen molar-refractivity contribution < 1.29 is 0 Å². The molecule has 0 bridgehead atoms. The van der Waals surface area contributed by atoms with Crippen LogP contribution in [0.5, 0.6) is 0 Å². The summed E-state index contributed by atoms with van der Waals surface area (Å²) in [6.45, 7) is 6.61. The summed E-state index contributed by atoms with van der Waals surface area (Å²) in [7, 11) is 0. The van der Waals surface area contributed by atoms with Gasteiger partial charge in [0.15, 0.2) is 5.82 Å². The number of nitrogens with one attached hydrogen (secondary N) is 1. The van der Waals surface area contributed by atoms with Gasteiger partial charge in [-0.3, -0.25) is 0 Å². The maximum atomic E-state index is 4.25. The van der Waals surface area contributed by atoms with Gasteiger partial charge in [0, 0.05) is 6.04 Å². The van der Waals surface area contributed by atoms with Crippen LogP contribution in [-0.2, 0) is 0 Å². The van der Waals surface area contributed by atoms with Gasteiger partial charge in [0.1, 0.15) is 0 Å². The van der Waals surface area contributed by atoms with E-state index in [0.29, 0.717) is 12.1 Å². The molecule has 1 heterocycles. The first kappa shape index (κ1) is 14.4. The predicted octanol–water partition coefficient (Wildman–Crippen LogP) is 3.02. The van der Waals surface area contributed by atoms with Crippen LogP contribution >= 0.6 is 0 Å². The summed E-state index contributed by atoms with van der Waals surface area (Å²) in [5.41, 5.74) is 0. The molecule has 1 aromatic heterocycles. The molecule has 0 amide bonds. The first-order valence-electron chi connectivity index (χ1n) is 7.80. The van der Waals surface area contributed by atoms with Crippen molar-refractivity contribution >= 4 is 0 Å². The van der Waals surface area contributed by atoms with E-state index in [0.717, 1.165) is 18.7 Å². The summed E-state index contributed by atoms with van der Waals surface area (Å²) in [5, 5.41) is 16.0. The van der Waals surface area contributed by atoms with Crippen LogP contribution in [0.1, 0.15) is 83.6 Å². The van der Waals surface area contributed by atoms with Gasteiger partial charge in [-0.25, -0.2) is 4.68 Å². The molecule has 0 radical (unpaired) electrons. The molecule has 1 unspecified atom stereocenters. The minimum absolute atomic E-state index is 0.224. The molecule has 1 N–H and O–H groups in total. The summed E-state index contributed by atoms with van der Waals surface area (Å²) < 4.78 is 2.07. The highest BCUT2D eigenvalue weighted by molar-refractivity contribution is 4.93. The van der Waals surface area contributed by atoms with E-state index in [4.69, 9.17) is 0 Å². The Balaban J connectivity index is 2.05. The largest absolute Gasteiger partial charge is 0.305 e. The maximum Gasteiger partial charge on any atom is 0.168 e. The van der Waals surface area contributed by atoms with Crippen molar-refractivity contribution in [2.75, 3.05) is 0 Å². The first-order valence-corrected chi connectivity index (χ1v) is 7.80. The molecule has 108 valence electrons. The number of hydrogen-bond acceptors (Lipinski definition) is 4. The van der Waals surface area contributed by atoms with E-state index < -0.39 is 0 Å². The molecule has 1 saturated carbocycles. The first-order chi connectivity index (χ1) is 9.26. The molecule has 5 nitrogen and oxygen atoms in total. The molecule has 1 aromatic rings. The molecule has 1 aliphatic carbocycles. The summed E-state index contributed by atoms with van der Waals surface area (Å²) in [6, 6.07) is 1.28. The minimum Gasteiger partial charge on any atom is -0.305 e. The topological polar surface area (TPSA) is 55.6 Å². The molecule has 0 saturated heterocycles. The van der Waals surface area contributed by atoms with E-state index in [2.05, 4.69) is 46.3 Å². The van der Waals surface area contributed by atoms with Crippen LogP contribution < -0.4 is 5.32 Å². The van der Waals surface area contributed by atoms with Gasteiger partial charge in [-0.2, -0.15) is 0 Å². The summed E-state index contributed by atoms with van der Waals surface area (Å²) in [6.07, 6.45) is 8.69. The van der Waals surface area contributed by atoms with Crippen LogP contribution in [0, 0.1) is 0 Å². The highest BCUT2D eigenvalue weighted by Crippen LogP contribution is 2.29. The highest BCUT2D eigenvalue weighted by atomic mass is 15.6. The lowest BCUT2D eigenvalue weighted by atomic mass is 9.95. The van der Waals surface area contributed by atoms with Gasteiger partial charge < -0.3 is 5.32 Å². The third-order valence-corrected chi connectivity index (χ3v) is 4.30. The molecule has 0 spiro atoms. The fourth-order valence-electron chi connectivity index (χ4n) is 3.02. The molecular formula is C14H27N5. The van der Waals surface area contributed by atoms with Crippen molar-refractivity contribution in [3.8, 4) is 0 Å². The van der Waals surface area contributed by atoms with Crippen molar-refractivity contribution in [2.45, 2.75) is 83.8 Å². The van der Waals surface area contributed by atoms with E-state index in [1.165, 1.54) is 32.1 Å². The second-order valence-electron chi connectivity index (χ2n) is 5.68. The van der Waals surface area contributed by atoms with E-state index in [9.17, 15) is 0 Å². The minimum atomic E-state index is 0.224. The average molecular weight is 265 g/mol. The second kappa shape index (κ2) is 6.98. The SMILES string of the molecule is CCC(CC)NC(C)c1nnnn1C1CCCCC1. The Morgan fingerprint density at radius 1 is 1.21 bits per heavy atom. The van der Waals surface area contributed by atoms with E-state index in [1.54, 1.807) is 0 Å². The predicted molar refractivity (Wildman–Crippen MR) is 75.9 cm³/mol. The van der Waals surface area contributed by atoms with Crippen molar-refractivity contribution in [1.29, 1.82) is 0 Å². The third-order valence-electron chi connectivity index (χ3n) is 4.30.